The van der Waals surface area contributed by atoms with Crippen molar-refractivity contribution in [2.75, 3.05) is 33.5 Å². The van der Waals surface area contributed by atoms with Crippen molar-refractivity contribution < 1.29 is 38.4 Å². The van der Waals surface area contributed by atoms with E-state index >= 15 is 0 Å². The summed E-state index contributed by atoms with van der Waals surface area (Å²) in [7, 11) is 1.51. The number of aliphatic carboxylic acids is 1. The lowest BCUT2D eigenvalue weighted by molar-refractivity contribution is -0.155. The summed E-state index contributed by atoms with van der Waals surface area (Å²) < 4.78 is 23.0. The number of ether oxygens (including phenoxy) is 4. The molecule has 0 saturated heterocycles. The molecule has 10 nitrogen and oxygen atoms in total. The van der Waals surface area contributed by atoms with E-state index in [1.807, 2.05) is 37.3 Å². The number of nitrogens with one attached hydrogen (secondary N) is 1. The zero-order chi connectivity index (χ0) is 31.0. The second kappa shape index (κ2) is 14.7. The Kier molecular flexibility index (Phi) is 11.6. The number of ketones is 1. The molecule has 1 fully saturated rings. The Morgan fingerprint density at radius 2 is 1.76 bits per heavy atom. The molecule has 1 saturated carbocycles. The van der Waals surface area contributed by atoms with Gasteiger partial charge in [-0.3, -0.25) is 4.79 Å². The van der Waals surface area contributed by atoms with Crippen molar-refractivity contribution in [1.82, 2.24) is 10.2 Å². The Labute approximate surface area is 252 Å². The van der Waals surface area contributed by atoms with Crippen molar-refractivity contribution in [3.05, 3.63) is 58.1 Å². The first-order valence-corrected chi connectivity index (χ1v) is 14.5. The van der Waals surface area contributed by atoms with Crippen LogP contribution in [0, 0.1) is 0 Å². The molecule has 0 aliphatic heterocycles. The summed E-state index contributed by atoms with van der Waals surface area (Å²) in [5.74, 6) is -0.940. The van der Waals surface area contributed by atoms with Crippen LogP contribution in [0.4, 0.5) is 4.79 Å². The number of methoxy groups -OCH3 is 1. The number of benzene rings is 2. The van der Waals surface area contributed by atoms with E-state index in [1.54, 1.807) is 26.8 Å². The smallest absolute Gasteiger partial charge is 0.329 e. The maximum atomic E-state index is 13.8. The third-order valence-electron chi connectivity index (χ3n) is 7.54. The summed E-state index contributed by atoms with van der Waals surface area (Å²) >= 11 is 6.84. The molecule has 42 heavy (non-hydrogen) atoms. The van der Waals surface area contributed by atoms with E-state index in [1.165, 1.54) is 18.9 Å². The number of halogens is 1. The molecule has 0 aromatic heterocycles. The van der Waals surface area contributed by atoms with E-state index < -0.39 is 23.6 Å². The molecule has 1 aliphatic rings. The van der Waals surface area contributed by atoms with Gasteiger partial charge < -0.3 is 34.3 Å². The number of hydrogen-bond acceptors (Lipinski definition) is 7. The standard InChI is InChI=1S/C31H41ClN2O8/c1-7-40-25-16-24(27(32)28(41-8-2)26(25)20(4)35)19(3)34(14-15-42-21(5)22-12-10-9-11-13-22)30(38)33-31(29(36)37)17-23(18-31)39-6/h9-13,16,19,21,23H,7-8,14-15,17-18H2,1-6H3,(H,33,38)(H,36,37)/t19-,21-,23?,31?/m1/s1. The van der Waals surface area contributed by atoms with Crippen molar-refractivity contribution in [1.29, 1.82) is 0 Å². The molecule has 230 valence electrons. The topological polar surface area (TPSA) is 124 Å². The summed E-state index contributed by atoms with van der Waals surface area (Å²) in [6.45, 7) is 9.49. The van der Waals surface area contributed by atoms with Crippen LogP contribution >= 0.6 is 11.6 Å². The quantitative estimate of drug-likeness (QED) is 0.244. The molecule has 11 heteroatoms. The minimum Gasteiger partial charge on any atom is -0.493 e. The van der Waals surface area contributed by atoms with Crippen LogP contribution < -0.4 is 14.8 Å². The highest BCUT2D eigenvalue weighted by Gasteiger charge is 2.52. The van der Waals surface area contributed by atoms with Crippen LogP contribution in [0.3, 0.4) is 0 Å². The van der Waals surface area contributed by atoms with Crippen LogP contribution in [0.1, 0.15) is 81.1 Å². The van der Waals surface area contributed by atoms with Gasteiger partial charge in [0.1, 0.15) is 16.9 Å². The van der Waals surface area contributed by atoms with Crippen molar-refractivity contribution in [2.24, 2.45) is 0 Å². The van der Waals surface area contributed by atoms with Crippen LogP contribution in [0.15, 0.2) is 36.4 Å². The number of rotatable bonds is 15. The van der Waals surface area contributed by atoms with Gasteiger partial charge in [0.25, 0.3) is 0 Å². The average molecular weight is 605 g/mol. The summed E-state index contributed by atoms with van der Waals surface area (Å²) in [5, 5.41) is 12.9. The highest BCUT2D eigenvalue weighted by molar-refractivity contribution is 6.33. The maximum Gasteiger partial charge on any atom is 0.329 e. The van der Waals surface area contributed by atoms with Gasteiger partial charge in [-0.05, 0) is 46.2 Å². The van der Waals surface area contributed by atoms with E-state index in [0.29, 0.717) is 12.2 Å². The fraction of sp³-hybridized carbons (Fsp3) is 0.516. The van der Waals surface area contributed by atoms with Gasteiger partial charge in [0.05, 0.1) is 43.1 Å². The van der Waals surface area contributed by atoms with Gasteiger partial charge in [-0.2, -0.15) is 0 Å². The minimum atomic E-state index is -1.46. The van der Waals surface area contributed by atoms with Gasteiger partial charge >= 0.3 is 12.0 Å². The second-order valence-corrected chi connectivity index (χ2v) is 10.7. The van der Waals surface area contributed by atoms with Gasteiger partial charge in [0.2, 0.25) is 0 Å². The molecular weight excluding hydrogens is 564 g/mol. The predicted octanol–water partition coefficient (Wildman–Crippen LogP) is 5.82. The molecule has 1 aliphatic carbocycles. The Morgan fingerprint density at radius 1 is 1.12 bits per heavy atom. The average Bonchev–Trinajstić information content (AvgIpc) is 2.94. The fourth-order valence-corrected chi connectivity index (χ4v) is 5.46. The third kappa shape index (κ3) is 7.35. The van der Waals surface area contributed by atoms with Gasteiger partial charge in [-0.15, -0.1) is 0 Å². The monoisotopic (exact) mass is 604 g/mol. The maximum absolute atomic E-state index is 13.8. The number of amides is 2. The van der Waals surface area contributed by atoms with Gasteiger partial charge in [0.15, 0.2) is 11.5 Å². The summed E-state index contributed by atoms with van der Waals surface area (Å²) in [5.41, 5.74) is 0.230. The second-order valence-electron chi connectivity index (χ2n) is 10.3. The largest absolute Gasteiger partial charge is 0.493 e. The molecule has 0 unspecified atom stereocenters. The molecule has 0 radical (unpaired) electrons. The molecule has 2 aromatic rings. The molecule has 2 aromatic carbocycles. The lowest BCUT2D eigenvalue weighted by atomic mass is 9.74. The summed E-state index contributed by atoms with van der Waals surface area (Å²) in [6, 6.07) is 10.0. The summed E-state index contributed by atoms with van der Waals surface area (Å²) in [4.78, 5) is 40.1. The molecule has 3 rings (SSSR count). The highest BCUT2D eigenvalue weighted by Crippen LogP contribution is 2.43. The number of carbonyl (C=O) groups excluding carboxylic acids is 2. The van der Waals surface area contributed by atoms with E-state index in [2.05, 4.69) is 5.32 Å². The van der Waals surface area contributed by atoms with Crippen molar-refractivity contribution >= 4 is 29.4 Å². The lowest BCUT2D eigenvalue weighted by Gasteiger charge is -2.45. The minimum absolute atomic E-state index is 0.117. The fourth-order valence-electron chi connectivity index (χ4n) is 5.09. The molecule has 2 atom stereocenters. The lowest BCUT2D eigenvalue weighted by Crippen LogP contribution is -2.66. The molecule has 0 spiro atoms. The van der Waals surface area contributed by atoms with Crippen molar-refractivity contribution in [2.45, 2.75) is 71.2 Å². The van der Waals surface area contributed by atoms with E-state index in [4.69, 9.17) is 30.5 Å². The molecule has 2 amide bonds. The van der Waals surface area contributed by atoms with E-state index in [9.17, 15) is 19.5 Å². The number of carbonyl (C=O) groups is 3. The van der Waals surface area contributed by atoms with Gasteiger partial charge in [0, 0.05) is 32.1 Å². The molecule has 2 N–H and O–H groups in total. The molecule has 0 bridgehead atoms. The van der Waals surface area contributed by atoms with Crippen LogP contribution in [0.5, 0.6) is 11.5 Å². The Balaban J connectivity index is 1.98. The third-order valence-corrected chi connectivity index (χ3v) is 7.93. The van der Waals surface area contributed by atoms with Gasteiger partial charge in [-0.25, -0.2) is 9.59 Å². The van der Waals surface area contributed by atoms with Gasteiger partial charge in [-0.1, -0.05) is 41.9 Å². The number of Topliss-reactive ketones (excluding diaryl/α,β-unsaturated/α-hetero) is 1. The molecular formula is C31H41ClN2O8. The SMILES string of the molecule is CCOc1cc([C@@H](C)N(CCO[C@H](C)c2ccccc2)C(=O)NC2(C(=O)O)CC(OC)C2)c(Cl)c(OCC)c1C(C)=O. The zero-order valence-corrected chi connectivity index (χ0v) is 25.8. The number of carboxylic acid groups (broad SMARTS) is 1. The van der Waals surface area contributed by atoms with E-state index in [0.717, 1.165) is 5.56 Å². The van der Waals surface area contributed by atoms with Crippen LogP contribution in [0.2, 0.25) is 5.02 Å². The number of carboxylic acids is 1. The number of nitrogens with zero attached hydrogens (tertiary/aromatic N) is 1. The van der Waals surface area contributed by atoms with E-state index in [-0.39, 0.29) is 72.7 Å². The summed E-state index contributed by atoms with van der Waals surface area (Å²) in [6.07, 6.45) is -0.214. The van der Waals surface area contributed by atoms with Crippen molar-refractivity contribution in [3.8, 4) is 11.5 Å². The Bertz CT molecular complexity index is 1250. The number of urea groups is 1. The Hall–Kier alpha value is -3.34. The highest BCUT2D eigenvalue weighted by atomic mass is 35.5. The van der Waals surface area contributed by atoms with Crippen LogP contribution in [0.25, 0.3) is 0 Å². The predicted molar refractivity (Wildman–Crippen MR) is 159 cm³/mol. The first kappa shape index (κ1) is 33.2. The number of hydrogen-bond donors (Lipinski definition) is 2. The van der Waals surface area contributed by atoms with Crippen LogP contribution in [-0.4, -0.2) is 72.9 Å². The van der Waals surface area contributed by atoms with Crippen LogP contribution in [-0.2, 0) is 14.3 Å². The normalized spacial score (nSPS) is 19.3. The zero-order valence-electron chi connectivity index (χ0n) is 25.1. The van der Waals surface area contributed by atoms with Crippen molar-refractivity contribution in [3.63, 3.8) is 0 Å². The first-order valence-electron chi connectivity index (χ1n) is 14.1. The first-order chi connectivity index (χ1) is 20.0. The Morgan fingerprint density at radius 3 is 2.31 bits per heavy atom. The molecule has 0 heterocycles.